The lowest BCUT2D eigenvalue weighted by atomic mass is 10.2. The molecule has 0 aliphatic heterocycles. The minimum Gasteiger partial charge on any atom is -0.482 e. The number of aliphatic carboxylic acids is 1. The lowest BCUT2D eigenvalue weighted by molar-refractivity contribution is -0.139. The molecule has 0 radical (unpaired) electrons. The number of nitrogens with one attached hydrogen (secondary N) is 2. The van der Waals surface area contributed by atoms with Crippen LogP contribution in [0.2, 0.25) is 0 Å². The first-order valence-corrected chi connectivity index (χ1v) is 7.15. The Labute approximate surface area is 139 Å². The minimum absolute atomic E-state index is 0.395. The largest absolute Gasteiger partial charge is 0.482 e. The standard InChI is InChI=1S/C17H17N3O4/c1-12-4-2-3-5-15(12)19-17(23)20-18-10-13-6-8-14(9-7-13)24-11-16(21)22/h2-10H,11H2,1H3,(H,21,22)(H2,19,20,23). The Balaban J connectivity index is 1.84. The third-order valence-electron chi connectivity index (χ3n) is 3.02. The Morgan fingerprint density at radius 2 is 1.88 bits per heavy atom. The second-order valence-electron chi connectivity index (χ2n) is 4.89. The summed E-state index contributed by atoms with van der Waals surface area (Å²) in [5, 5.41) is 15.1. The normalized spacial score (nSPS) is 10.4. The summed E-state index contributed by atoms with van der Waals surface area (Å²) in [6, 6.07) is 13.6. The highest BCUT2D eigenvalue weighted by molar-refractivity contribution is 5.91. The van der Waals surface area contributed by atoms with Crippen LogP contribution in [0.5, 0.6) is 5.75 Å². The van der Waals surface area contributed by atoms with Gasteiger partial charge in [0.1, 0.15) is 5.75 Å². The molecule has 0 aliphatic carbocycles. The van der Waals surface area contributed by atoms with Gasteiger partial charge < -0.3 is 15.2 Å². The Hall–Kier alpha value is -3.35. The van der Waals surface area contributed by atoms with Gasteiger partial charge in [-0.15, -0.1) is 0 Å². The van der Waals surface area contributed by atoms with Crippen molar-refractivity contribution in [3.05, 3.63) is 59.7 Å². The molecule has 0 fully saturated rings. The summed E-state index contributed by atoms with van der Waals surface area (Å²) in [7, 11) is 0. The lowest BCUT2D eigenvalue weighted by Gasteiger charge is -2.06. The van der Waals surface area contributed by atoms with E-state index in [0.29, 0.717) is 11.4 Å². The number of urea groups is 1. The van der Waals surface area contributed by atoms with Crippen molar-refractivity contribution in [1.82, 2.24) is 5.43 Å². The van der Waals surface area contributed by atoms with Gasteiger partial charge in [-0.25, -0.2) is 15.0 Å². The van der Waals surface area contributed by atoms with E-state index < -0.39 is 18.6 Å². The van der Waals surface area contributed by atoms with Gasteiger partial charge in [0.05, 0.1) is 6.21 Å². The molecular formula is C17H17N3O4. The molecule has 2 aromatic rings. The maximum Gasteiger partial charge on any atom is 0.341 e. The number of carbonyl (C=O) groups excluding carboxylic acids is 1. The first kappa shape index (κ1) is 17.0. The molecule has 0 atom stereocenters. The van der Waals surface area contributed by atoms with Crippen LogP contribution < -0.4 is 15.5 Å². The molecule has 0 saturated heterocycles. The van der Waals surface area contributed by atoms with Gasteiger partial charge in [0, 0.05) is 5.69 Å². The van der Waals surface area contributed by atoms with Crippen LogP contribution in [0, 0.1) is 6.92 Å². The number of hydrogen-bond donors (Lipinski definition) is 3. The molecule has 3 N–H and O–H groups in total. The molecule has 2 aromatic carbocycles. The maximum atomic E-state index is 11.7. The summed E-state index contributed by atoms with van der Waals surface area (Å²) in [6.07, 6.45) is 1.47. The Bertz CT molecular complexity index is 742. The van der Waals surface area contributed by atoms with Crippen LogP contribution in [0.3, 0.4) is 0 Å². The van der Waals surface area contributed by atoms with E-state index >= 15 is 0 Å². The molecule has 0 unspecified atom stereocenters. The number of carboxylic acid groups (broad SMARTS) is 1. The minimum atomic E-state index is -1.04. The van der Waals surface area contributed by atoms with Crippen molar-refractivity contribution in [1.29, 1.82) is 0 Å². The van der Waals surface area contributed by atoms with E-state index in [4.69, 9.17) is 9.84 Å². The van der Waals surface area contributed by atoms with Gasteiger partial charge >= 0.3 is 12.0 Å². The van der Waals surface area contributed by atoms with E-state index in [1.165, 1.54) is 6.21 Å². The van der Waals surface area contributed by atoms with E-state index in [0.717, 1.165) is 11.1 Å². The number of benzene rings is 2. The van der Waals surface area contributed by atoms with Gasteiger partial charge in [-0.2, -0.15) is 5.10 Å². The zero-order valence-electron chi connectivity index (χ0n) is 13.0. The summed E-state index contributed by atoms with van der Waals surface area (Å²) < 4.78 is 5.02. The number of amides is 2. The van der Waals surface area contributed by atoms with Gasteiger partial charge in [-0.1, -0.05) is 18.2 Å². The summed E-state index contributed by atoms with van der Waals surface area (Å²) in [6.45, 7) is 1.50. The van der Waals surface area contributed by atoms with Gasteiger partial charge in [-0.3, -0.25) is 0 Å². The van der Waals surface area contributed by atoms with Crippen LogP contribution in [-0.2, 0) is 4.79 Å². The molecule has 0 saturated carbocycles. The highest BCUT2D eigenvalue weighted by Gasteiger charge is 2.02. The number of rotatable bonds is 6. The fourth-order valence-electron chi connectivity index (χ4n) is 1.82. The van der Waals surface area contributed by atoms with Crippen LogP contribution in [0.4, 0.5) is 10.5 Å². The van der Waals surface area contributed by atoms with E-state index in [9.17, 15) is 9.59 Å². The summed E-state index contributed by atoms with van der Waals surface area (Å²) in [5.74, 6) is -0.593. The number of aryl methyl sites for hydroxylation is 1. The molecule has 0 aromatic heterocycles. The molecule has 7 heteroatoms. The molecule has 2 rings (SSSR count). The lowest BCUT2D eigenvalue weighted by Crippen LogP contribution is -2.24. The number of para-hydroxylation sites is 1. The average Bonchev–Trinajstić information content (AvgIpc) is 2.56. The molecule has 124 valence electrons. The number of hydrogen-bond acceptors (Lipinski definition) is 4. The quantitative estimate of drug-likeness (QED) is 0.561. The highest BCUT2D eigenvalue weighted by Crippen LogP contribution is 2.13. The molecule has 24 heavy (non-hydrogen) atoms. The predicted octanol–water partition coefficient (Wildman–Crippen LogP) is 2.61. The zero-order chi connectivity index (χ0) is 17.4. The van der Waals surface area contributed by atoms with Crippen LogP contribution in [-0.4, -0.2) is 29.9 Å². The van der Waals surface area contributed by atoms with E-state index in [2.05, 4.69) is 15.8 Å². The Morgan fingerprint density at radius 3 is 2.54 bits per heavy atom. The van der Waals surface area contributed by atoms with Crippen LogP contribution in [0.1, 0.15) is 11.1 Å². The van der Waals surface area contributed by atoms with Crippen molar-refractivity contribution in [3.63, 3.8) is 0 Å². The van der Waals surface area contributed by atoms with Crippen molar-refractivity contribution >= 4 is 23.9 Å². The van der Waals surface area contributed by atoms with Crippen molar-refractivity contribution < 1.29 is 19.4 Å². The predicted molar refractivity (Wildman–Crippen MR) is 90.5 cm³/mol. The van der Waals surface area contributed by atoms with E-state index in [-0.39, 0.29) is 0 Å². The summed E-state index contributed by atoms with van der Waals surface area (Å²) in [4.78, 5) is 22.2. The first-order chi connectivity index (χ1) is 11.5. The number of hydrazone groups is 1. The van der Waals surface area contributed by atoms with Crippen LogP contribution in [0.25, 0.3) is 0 Å². The third-order valence-corrected chi connectivity index (χ3v) is 3.02. The van der Waals surface area contributed by atoms with Crippen LogP contribution in [0.15, 0.2) is 53.6 Å². The van der Waals surface area contributed by atoms with Crippen molar-refractivity contribution in [2.24, 2.45) is 5.10 Å². The molecule has 0 spiro atoms. The van der Waals surface area contributed by atoms with E-state index in [1.807, 2.05) is 25.1 Å². The number of nitrogens with zero attached hydrogens (tertiary/aromatic N) is 1. The number of carboxylic acids is 1. The third kappa shape index (κ3) is 5.45. The molecule has 0 bridgehead atoms. The zero-order valence-corrected chi connectivity index (χ0v) is 13.0. The van der Waals surface area contributed by atoms with Gasteiger partial charge in [0.25, 0.3) is 0 Å². The van der Waals surface area contributed by atoms with Crippen molar-refractivity contribution in [2.75, 3.05) is 11.9 Å². The molecule has 0 heterocycles. The molecule has 0 aliphatic rings. The topological polar surface area (TPSA) is 100 Å². The maximum absolute atomic E-state index is 11.7. The number of carbonyl (C=O) groups is 2. The van der Waals surface area contributed by atoms with Crippen molar-refractivity contribution in [2.45, 2.75) is 6.92 Å². The highest BCUT2D eigenvalue weighted by atomic mass is 16.5. The van der Waals surface area contributed by atoms with Gasteiger partial charge in [0.2, 0.25) is 0 Å². The van der Waals surface area contributed by atoms with Gasteiger partial charge in [-0.05, 0) is 48.4 Å². The summed E-state index contributed by atoms with van der Waals surface area (Å²) >= 11 is 0. The first-order valence-electron chi connectivity index (χ1n) is 7.15. The van der Waals surface area contributed by atoms with Gasteiger partial charge in [0.15, 0.2) is 6.61 Å². The fraction of sp³-hybridized carbons (Fsp3) is 0.118. The average molecular weight is 327 g/mol. The Morgan fingerprint density at radius 1 is 1.17 bits per heavy atom. The number of anilines is 1. The second kappa shape index (κ2) is 8.33. The SMILES string of the molecule is Cc1ccccc1NC(=O)NN=Cc1ccc(OCC(=O)O)cc1. The van der Waals surface area contributed by atoms with E-state index in [1.54, 1.807) is 30.3 Å². The number of ether oxygens (including phenoxy) is 1. The molecule has 7 nitrogen and oxygen atoms in total. The molecule has 2 amide bonds. The fourth-order valence-corrected chi connectivity index (χ4v) is 1.82. The monoisotopic (exact) mass is 327 g/mol. The Kier molecular flexibility index (Phi) is 5.90. The van der Waals surface area contributed by atoms with Crippen molar-refractivity contribution in [3.8, 4) is 5.75 Å². The second-order valence-corrected chi connectivity index (χ2v) is 4.89. The smallest absolute Gasteiger partial charge is 0.341 e. The van der Waals surface area contributed by atoms with Crippen LogP contribution >= 0.6 is 0 Å². The molecular weight excluding hydrogens is 310 g/mol. The summed E-state index contributed by atoms with van der Waals surface area (Å²) in [5.41, 5.74) is 4.77.